The third kappa shape index (κ3) is 7.73. The molecule has 45 heavy (non-hydrogen) atoms. The molecule has 11 heteroatoms. The van der Waals surface area contributed by atoms with Gasteiger partial charge in [-0.05, 0) is 43.3 Å². The van der Waals surface area contributed by atoms with Crippen LogP contribution in [0.15, 0.2) is 48.7 Å². The number of carbonyl (C=O) groups excluding carboxylic acids is 1. The number of amides is 1. The summed E-state index contributed by atoms with van der Waals surface area (Å²) in [4.78, 5) is 27.2. The number of morpholine rings is 1. The Morgan fingerprint density at radius 2 is 1.89 bits per heavy atom. The summed E-state index contributed by atoms with van der Waals surface area (Å²) in [6, 6.07) is 13.6. The minimum atomic E-state index is -0.240. The van der Waals surface area contributed by atoms with Crippen LogP contribution < -0.4 is 20.1 Å². The van der Waals surface area contributed by atoms with Gasteiger partial charge >= 0.3 is 0 Å². The van der Waals surface area contributed by atoms with Crippen molar-refractivity contribution in [1.29, 1.82) is 0 Å². The van der Waals surface area contributed by atoms with E-state index in [2.05, 4.69) is 57.2 Å². The zero-order valence-electron chi connectivity index (χ0n) is 27.4. The van der Waals surface area contributed by atoms with E-state index in [0.717, 1.165) is 41.7 Å². The number of fused-ring (bicyclic) bond motifs is 1. The van der Waals surface area contributed by atoms with E-state index in [0.29, 0.717) is 61.0 Å². The number of aromatic nitrogens is 3. The van der Waals surface area contributed by atoms with E-state index >= 15 is 0 Å². The molecule has 2 aromatic carbocycles. The van der Waals surface area contributed by atoms with E-state index in [4.69, 9.17) is 14.2 Å². The molecule has 1 saturated heterocycles. The summed E-state index contributed by atoms with van der Waals surface area (Å²) in [6.07, 6.45) is 1.66. The van der Waals surface area contributed by atoms with Gasteiger partial charge in [-0.1, -0.05) is 39.0 Å². The van der Waals surface area contributed by atoms with Crippen LogP contribution in [0.3, 0.4) is 0 Å². The first kappa shape index (κ1) is 32.2. The van der Waals surface area contributed by atoms with Crippen LogP contribution in [0.5, 0.6) is 17.4 Å². The quantitative estimate of drug-likeness (QED) is 0.238. The van der Waals surface area contributed by atoms with Gasteiger partial charge in [0, 0.05) is 63.0 Å². The maximum atomic E-state index is 13.9. The van der Waals surface area contributed by atoms with Crippen molar-refractivity contribution >= 4 is 28.4 Å². The van der Waals surface area contributed by atoms with Crippen molar-refractivity contribution in [2.24, 2.45) is 7.05 Å². The first-order valence-corrected chi connectivity index (χ1v) is 15.3. The molecule has 2 aromatic heterocycles. The summed E-state index contributed by atoms with van der Waals surface area (Å²) < 4.78 is 19.6. The normalized spacial score (nSPS) is 14.1. The molecule has 0 bridgehead atoms. The van der Waals surface area contributed by atoms with Crippen molar-refractivity contribution in [2.45, 2.75) is 32.7 Å². The number of hydrogen-bond donors (Lipinski definition) is 2. The second-order valence-corrected chi connectivity index (χ2v) is 12.6. The number of methoxy groups -OCH3 is 1. The molecule has 11 nitrogen and oxygen atoms in total. The topological polar surface area (TPSA) is 106 Å². The molecule has 4 aromatic rings. The average molecular weight is 616 g/mol. The van der Waals surface area contributed by atoms with Gasteiger partial charge in [0.25, 0.3) is 5.91 Å². The number of carbonyl (C=O) groups is 1. The SMILES string of the molecule is COc1c(CN2CCOCC2)cc(C(C)(C)C)cc1NC(=O)c1cc2cccc(Oc3ccnc(NCCN(C)C)n3)c2n1C. The first-order chi connectivity index (χ1) is 21.5. The molecule has 2 N–H and O–H groups in total. The molecular weight excluding hydrogens is 570 g/mol. The predicted octanol–water partition coefficient (Wildman–Crippen LogP) is 5.12. The highest BCUT2D eigenvalue weighted by molar-refractivity contribution is 6.07. The van der Waals surface area contributed by atoms with Crippen LogP contribution in [0.2, 0.25) is 0 Å². The molecule has 0 saturated carbocycles. The first-order valence-electron chi connectivity index (χ1n) is 15.3. The van der Waals surface area contributed by atoms with Crippen LogP contribution >= 0.6 is 0 Å². The predicted molar refractivity (Wildman–Crippen MR) is 178 cm³/mol. The molecule has 0 radical (unpaired) electrons. The van der Waals surface area contributed by atoms with Crippen LogP contribution in [0.4, 0.5) is 11.6 Å². The van der Waals surface area contributed by atoms with E-state index < -0.39 is 0 Å². The Kier molecular flexibility index (Phi) is 9.91. The standard InChI is InChI=1S/C34H45N7O4/c1-34(2,3)25-19-24(22-41-15-17-44-18-16-41)31(43-7)26(21-25)37-32(42)27-20-23-9-8-10-28(30(23)40(27)6)45-29-11-12-35-33(38-29)36-13-14-39(4)5/h8-12,19-21H,13-18,22H2,1-7H3,(H,37,42)(H,35,36,38). The number of ether oxygens (including phenoxy) is 3. The highest BCUT2D eigenvalue weighted by atomic mass is 16.5. The largest absolute Gasteiger partial charge is 0.494 e. The summed E-state index contributed by atoms with van der Waals surface area (Å²) in [5, 5.41) is 7.27. The summed E-state index contributed by atoms with van der Waals surface area (Å²) in [7, 11) is 7.55. The molecular formula is C34H45N7O4. The Balaban J connectivity index is 1.43. The lowest BCUT2D eigenvalue weighted by Gasteiger charge is -2.29. The van der Waals surface area contributed by atoms with E-state index in [1.165, 1.54) is 0 Å². The highest BCUT2D eigenvalue weighted by Crippen LogP contribution is 2.37. The maximum Gasteiger partial charge on any atom is 0.272 e. The van der Waals surface area contributed by atoms with Gasteiger partial charge in [-0.2, -0.15) is 4.98 Å². The third-order valence-electron chi connectivity index (χ3n) is 7.92. The molecule has 1 aliphatic rings. The molecule has 1 aliphatic heterocycles. The van der Waals surface area contributed by atoms with Crippen LogP contribution in [0, 0.1) is 0 Å². The van der Waals surface area contributed by atoms with Gasteiger partial charge in [0.05, 0.1) is 31.5 Å². The Labute approximate surface area is 265 Å². The van der Waals surface area contributed by atoms with Gasteiger partial charge in [-0.15, -0.1) is 0 Å². The Bertz CT molecular complexity index is 1640. The van der Waals surface area contributed by atoms with E-state index in [1.807, 2.05) is 56.0 Å². The fourth-order valence-corrected chi connectivity index (χ4v) is 5.43. The number of benzene rings is 2. The van der Waals surface area contributed by atoms with Crippen LogP contribution in [0.1, 0.15) is 42.4 Å². The highest BCUT2D eigenvalue weighted by Gasteiger charge is 2.24. The van der Waals surface area contributed by atoms with E-state index in [-0.39, 0.29) is 11.3 Å². The molecule has 0 aliphatic carbocycles. The molecule has 240 valence electrons. The van der Waals surface area contributed by atoms with Gasteiger partial charge in [0.1, 0.15) is 11.4 Å². The number of hydrogen-bond acceptors (Lipinski definition) is 9. The number of nitrogens with zero attached hydrogens (tertiary/aromatic N) is 5. The average Bonchev–Trinajstić information content (AvgIpc) is 3.34. The number of aryl methyl sites for hydroxylation is 1. The summed E-state index contributed by atoms with van der Waals surface area (Å²) in [6.45, 7) is 11.9. The molecule has 0 atom stereocenters. The molecule has 5 rings (SSSR count). The van der Waals surface area contributed by atoms with Crippen molar-refractivity contribution in [3.05, 3.63) is 65.5 Å². The fourth-order valence-electron chi connectivity index (χ4n) is 5.43. The molecule has 3 heterocycles. The van der Waals surface area contributed by atoms with Crippen molar-refractivity contribution in [3.63, 3.8) is 0 Å². The number of nitrogens with one attached hydrogen (secondary N) is 2. The maximum absolute atomic E-state index is 13.9. The number of likely N-dealkylation sites (N-methyl/N-ethyl adjacent to an activating group) is 1. The van der Waals surface area contributed by atoms with Gasteiger partial charge in [-0.25, -0.2) is 4.98 Å². The van der Waals surface area contributed by atoms with Gasteiger partial charge < -0.3 is 34.3 Å². The smallest absolute Gasteiger partial charge is 0.272 e. The van der Waals surface area contributed by atoms with E-state index in [1.54, 1.807) is 19.4 Å². The Morgan fingerprint density at radius 1 is 1.11 bits per heavy atom. The Hall–Kier alpha value is -4.19. The zero-order chi connectivity index (χ0) is 32.1. The monoisotopic (exact) mass is 615 g/mol. The fraction of sp³-hybridized carbons (Fsp3) is 0.441. The zero-order valence-corrected chi connectivity index (χ0v) is 27.4. The minimum Gasteiger partial charge on any atom is -0.494 e. The van der Waals surface area contributed by atoms with Crippen molar-refractivity contribution < 1.29 is 19.0 Å². The third-order valence-corrected chi connectivity index (χ3v) is 7.92. The lowest BCUT2D eigenvalue weighted by molar-refractivity contribution is 0.0339. The number of anilines is 2. The van der Waals surface area contributed by atoms with Crippen LogP contribution in [0.25, 0.3) is 10.9 Å². The van der Waals surface area contributed by atoms with Crippen LogP contribution in [-0.2, 0) is 23.7 Å². The van der Waals surface area contributed by atoms with Crippen molar-refractivity contribution in [1.82, 2.24) is 24.3 Å². The van der Waals surface area contributed by atoms with Gasteiger partial charge in [0.2, 0.25) is 11.8 Å². The van der Waals surface area contributed by atoms with Crippen molar-refractivity contribution in [2.75, 3.05) is 71.2 Å². The van der Waals surface area contributed by atoms with Gasteiger partial charge in [-0.3, -0.25) is 9.69 Å². The molecule has 0 unspecified atom stereocenters. The lowest BCUT2D eigenvalue weighted by Crippen LogP contribution is -2.35. The number of para-hydroxylation sites is 1. The summed E-state index contributed by atoms with van der Waals surface area (Å²) in [5.41, 5.74) is 3.96. The molecule has 0 spiro atoms. The summed E-state index contributed by atoms with van der Waals surface area (Å²) in [5.74, 6) is 1.92. The van der Waals surface area contributed by atoms with Crippen molar-refractivity contribution in [3.8, 4) is 17.4 Å². The van der Waals surface area contributed by atoms with Crippen LogP contribution in [-0.4, -0.2) is 90.8 Å². The lowest BCUT2D eigenvalue weighted by atomic mass is 9.85. The molecule has 1 fully saturated rings. The molecule has 1 amide bonds. The summed E-state index contributed by atoms with van der Waals surface area (Å²) >= 11 is 0. The second-order valence-electron chi connectivity index (χ2n) is 12.6. The Morgan fingerprint density at radius 3 is 2.60 bits per heavy atom. The second kappa shape index (κ2) is 13.8. The van der Waals surface area contributed by atoms with Gasteiger partial charge in [0.15, 0.2) is 5.75 Å². The van der Waals surface area contributed by atoms with E-state index in [9.17, 15) is 4.79 Å². The minimum absolute atomic E-state index is 0.125. The number of rotatable bonds is 11.